The van der Waals surface area contributed by atoms with E-state index in [1.807, 2.05) is 48.5 Å². The predicted molar refractivity (Wildman–Crippen MR) is 77.9 cm³/mol. The molecule has 1 unspecified atom stereocenters. The molecule has 0 saturated heterocycles. The second-order valence-corrected chi connectivity index (χ2v) is 4.62. The highest BCUT2D eigenvalue weighted by atomic mass is 35.5. The lowest BCUT2D eigenvalue weighted by Crippen LogP contribution is -2.12. The van der Waals surface area contributed by atoms with Crippen LogP contribution < -0.4 is 10.1 Å². The van der Waals surface area contributed by atoms with Crippen molar-refractivity contribution < 1.29 is 9.84 Å². The Balaban J connectivity index is 1.96. The van der Waals surface area contributed by atoms with Gasteiger partial charge in [0.05, 0.1) is 13.2 Å². The molecule has 2 N–H and O–H groups in total. The number of methoxy groups -OCH3 is 1. The van der Waals surface area contributed by atoms with Gasteiger partial charge >= 0.3 is 0 Å². The summed E-state index contributed by atoms with van der Waals surface area (Å²) in [6.07, 6.45) is -0.592. The monoisotopic (exact) mass is 277 g/mol. The van der Waals surface area contributed by atoms with Crippen molar-refractivity contribution in [3.8, 4) is 5.75 Å². The Bertz CT molecular complexity index is 528. The number of halogens is 1. The van der Waals surface area contributed by atoms with E-state index in [0.29, 0.717) is 11.6 Å². The molecule has 4 heteroatoms. The van der Waals surface area contributed by atoms with Gasteiger partial charge in [0.25, 0.3) is 0 Å². The third-order valence-corrected chi connectivity index (χ3v) is 3.07. The normalized spacial score (nSPS) is 11.9. The molecule has 2 aromatic rings. The van der Waals surface area contributed by atoms with Crippen molar-refractivity contribution in [2.75, 3.05) is 19.0 Å². The molecular weight excluding hydrogens is 262 g/mol. The van der Waals surface area contributed by atoms with Crippen LogP contribution in [0.1, 0.15) is 11.7 Å². The molecule has 2 rings (SSSR count). The standard InChI is InChI=1S/C15H16ClNO2/c1-19-14-4-2-3-11(9-14)15(18)10-17-13-7-5-12(16)6-8-13/h2-9,15,17-18H,10H2,1H3. The Morgan fingerprint density at radius 1 is 1.21 bits per heavy atom. The van der Waals surface area contributed by atoms with Crippen LogP contribution in [-0.4, -0.2) is 18.8 Å². The number of anilines is 1. The van der Waals surface area contributed by atoms with Gasteiger partial charge in [-0.05, 0) is 42.0 Å². The zero-order valence-electron chi connectivity index (χ0n) is 10.6. The van der Waals surface area contributed by atoms with Crippen molar-refractivity contribution in [1.29, 1.82) is 0 Å². The Labute approximate surface area is 117 Å². The fourth-order valence-electron chi connectivity index (χ4n) is 1.75. The van der Waals surface area contributed by atoms with Crippen LogP contribution in [0.5, 0.6) is 5.75 Å². The minimum absolute atomic E-state index is 0.425. The second-order valence-electron chi connectivity index (χ2n) is 4.18. The maximum atomic E-state index is 10.1. The van der Waals surface area contributed by atoms with Crippen molar-refractivity contribution in [3.05, 3.63) is 59.1 Å². The molecule has 0 saturated carbocycles. The molecule has 0 radical (unpaired) electrons. The maximum absolute atomic E-state index is 10.1. The predicted octanol–water partition coefficient (Wildman–Crippen LogP) is 3.49. The second kappa shape index (κ2) is 6.45. The number of nitrogens with one attached hydrogen (secondary N) is 1. The average molecular weight is 278 g/mol. The lowest BCUT2D eigenvalue weighted by atomic mass is 10.1. The maximum Gasteiger partial charge on any atom is 0.119 e. The molecule has 0 spiro atoms. The topological polar surface area (TPSA) is 41.5 Å². The van der Waals surface area contributed by atoms with Crippen molar-refractivity contribution in [1.82, 2.24) is 0 Å². The van der Waals surface area contributed by atoms with E-state index in [9.17, 15) is 5.11 Å². The van der Waals surface area contributed by atoms with Crippen LogP contribution in [0.4, 0.5) is 5.69 Å². The number of aliphatic hydroxyl groups excluding tert-OH is 1. The van der Waals surface area contributed by atoms with Crippen molar-refractivity contribution >= 4 is 17.3 Å². The minimum atomic E-state index is -0.592. The van der Waals surface area contributed by atoms with Crippen molar-refractivity contribution in [3.63, 3.8) is 0 Å². The van der Waals surface area contributed by atoms with Gasteiger partial charge in [-0.15, -0.1) is 0 Å². The van der Waals surface area contributed by atoms with Crippen LogP contribution in [0.25, 0.3) is 0 Å². The number of hydrogen-bond acceptors (Lipinski definition) is 3. The zero-order chi connectivity index (χ0) is 13.7. The highest BCUT2D eigenvalue weighted by Gasteiger charge is 2.08. The summed E-state index contributed by atoms with van der Waals surface area (Å²) in [5.74, 6) is 0.739. The molecule has 0 amide bonds. The summed E-state index contributed by atoms with van der Waals surface area (Å²) < 4.78 is 5.13. The number of hydrogen-bond donors (Lipinski definition) is 2. The SMILES string of the molecule is COc1cccc(C(O)CNc2ccc(Cl)cc2)c1. The Kier molecular flexibility index (Phi) is 4.66. The molecule has 2 aromatic carbocycles. The average Bonchev–Trinajstić information content (AvgIpc) is 2.46. The van der Waals surface area contributed by atoms with Crippen molar-refractivity contribution in [2.24, 2.45) is 0 Å². The fraction of sp³-hybridized carbons (Fsp3) is 0.200. The summed E-state index contributed by atoms with van der Waals surface area (Å²) in [5, 5.41) is 14.0. The van der Waals surface area contributed by atoms with Crippen LogP contribution in [-0.2, 0) is 0 Å². The first-order valence-electron chi connectivity index (χ1n) is 6.00. The number of benzene rings is 2. The first kappa shape index (κ1) is 13.7. The summed E-state index contributed by atoms with van der Waals surface area (Å²) in [6.45, 7) is 0.425. The van der Waals surface area contributed by atoms with Gasteiger partial charge in [-0.25, -0.2) is 0 Å². The number of ether oxygens (including phenoxy) is 1. The molecule has 100 valence electrons. The minimum Gasteiger partial charge on any atom is -0.497 e. The van der Waals surface area contributed by atoms with E-state index in [1.54, 1.807) is 7.11 Å². The largest absolute Gasteiger partial charge is 0.497 e. The van der Waals surface area contributed by atoms with Gasteiger partial charge < -0.3 is 15.2 Å². The quantitative estimate of drug-likeness (QED) is 0.879. The summed E-state index contributed by atoms with van der Waals surface area (Å²) in [5.41, 5.74) is 1.74. The lowest BCUT2D eigenvalue weighted by Gasteiger charge is -2.14. The third kappa shape index (κ3) is 3.88. The van der Waals surface area contributed by atoms with Crippen LogP contribution in [0.2, 0.25) is 5.02 Å². The molecule has 19 heavy (non-hydrogen) atoms. The van der Waals surface area contributed by atoms with Gasteiger partial charge in [-0.3, -0.25) is 0 Å². The van der Waals surface area contributed by atoms with Gasteiger partial charge in [-0.2, -0.15) is 0 Å². The molecular formula is C15H16ClNO2. The van der Waals surface area contributed by atoms with E-state index < -0.39 is 6.10 Å². The van der Waals surface area contributed by atoms with E-state index >= 15 is 0 Å². The summed E-state index contributed by atoms with van der Waals surface area (Å²) in [7, 11) is 1.61. The summed E-state index contributed by atoms with van der Waals surface area (Å²) >= 11 is 5.81. The van der Waals surface area contributed by atoms with Crippen LogP contribution in [0, 0.1) is 0 Å². The van der Waals surface area contributed by atoms with E-state index in [0.717, 1.165) is 17.0 Å². The number of aliphatic hydroxyl groups is 1. The van der Waals surface area contributed by atoms with Crippen molar-refractivity contribution in [2.45, 2.75) is 6.10 Å². The highest BCUT2D eigenvalue weighted by molar-refractivity contribution is 6.30. The first-order chi connectivity index (χ1) is 9.19. The molecule has 0 aliphatic carbocycles. The van der Waals surface area contributed by atoms with E-state index in [1.165, 1.54) is 0 Å². The summed E-state index contributed by atoms with van der Waals surface area (Å²) in [4.78, 5) is 0. The third-order valence-electron chi connectivity index (χ3n) is 2.82. The lowest BCUT2D eigenvalue weighted by molar-refractivity contribution is 0.191. The van der Waals surface area contributed by atoms with Crippen LogP contribution in [0.3, 0.4) is 0 Å². The van der Waals surface area contributed by atoms with Gasteiger partial charge in [0.2, 0.25) is 0 Å². The smallest absolute Gasteiger partial charge is 0.119 e. The molecule has 0 aliphatic heterocycles. The molecule has 0 heterocycles. The number of rotatable bonds is 5. The molecule has 0 aromatic heterocycles. The van der Waals surface area contributed by atoms with Gasteiger partial charge in [0.15, 0.2) is 0 Å². The highest BCUT2D eigenvalue weighted by Crippen LogP contribution is 2.20. The van der Waals surface area contributed by atoms with Gasteiger partial charge in [0, 0.05) is 17.3 Å². The Hall–Kier alpha value is -1.71. The molecule has 0 aliphatic rings. The molecule has 0 fully saturated rings. The molecule has 3 nitrogen and oxygen atoms in total. The van der Waals surface area contributed by atoms with E-state index in [2.05, 4.69) is 5.32 Å². The van der Waals surface area contributed by atoms with Gasteiger partial charge in [0.1, 0.15) is 5.75 Å². The molecule has 1 atom stereocenters. The first-order valence-corrected chi connectivity index (χ1v) is 6.38. The van der Waals surface area contributed by atoms with E-state index in [-0.39, 0.29) is 0 Å². The molecule has 0 bridgehead atoms. The van der Waals surface area contributed by atoms with E-state index in [4.69, 9.17) is 16.3 Å². The van der Waals surface area contributed by atoms with Crippen LogP contribution >= 0.6 is 11.6 Å². The van der Waals surface area contributed by atoms with Crippen LogP contribution in [0.15, 0.2) is 48.5 Å². The Morgan fingerprint density at radius 3 is 2.63 bits per heavy atom. The fourth-order valence-corrected chi connectivity index (χ4v) is 1.87. The van der Waals surface area contributed by atoms with Gasteiger partial charge in [-0.1, -0.05) is 23.7 Å². The zero-order valence-corrected chi connectivity index (χ0v) is 11.4. The Morgan fingerprint density at radius 2 is 1.95 bits per heavy atom. The summed E-state index contributed by atoms with van der Waals surface area (Å²) in [6, 6.07) is 14.8.